The van der Waals surface area contributed by atoms with Crippen molar-refractivity contribution in [1.82, 2.24) is 0 Å². The number of halogens is 1. The number of benzene rings is 6. The molecule has 1 fully saturated rings. The summed E-state index contributed by atoms with van der Waals surface area (Å²) >= 11 is 1.82. The molecule has 0 saturated heterocycles. The Labute approximate surface area is 326 Å². The molecule has 0 heterocycles. The van der Waals surface area contributed by atoms with E-state index in [2.05, 4.69) is 226 Å². The van der Waals surface area contributed by atoms with Crippen molar-refractivity contribution in [3.05, 3.63) is 189 Å². The third-order valence-corrected chi connectivity index (χ3v) is 16.0. The van der Waals surface area contributed by atoms with Crippen molar-refractivity contribution in [2.45, 2.75) is 34.6 Å². The van der Waals surface area contributed by atoms with Gasteiger partial charge in [0.1, 0.15) is 31.8 Å². The predicted octanol–water partition coefficient (Wildman–Crippen LogP) is 10.7. The maximum Gasteiger partial charge on any atom is 0.102 e. The molecule has 1 aliphatic carbocycles. The molecule has 266 valence electrons. The summed E-state index contributed by atoms with van der Waals surface area (Å²) in [6.45, 7) is 12.0. The van der Waals surface area contributed by atoms with E-state index in [1.807, 2.05) is 17.3 Å². The van der Waals surface area contributed by atoms with E-state index >= 15 is 0 Å². The minimum absolute atomic E-state index is 0. The second kappa shape index (κ2) is 22.9. The van der Waals surface area contributed by atoms with Crippen LogP contribution in [0.5, 0.6) is 0 Å². The molecular weight excluding hydrogens is 763 g/mol. The van der Waals surface area contributed by atoms with Gasteiger partial charge in [0.05, 0.1) is 15.8 Å². The van der Waals surface area contributed by atoms with Gasteiger partial charge < -0.3 is 7.43 Å². The first-order chi connectivity index (χ1) is 24.5. The van der Waals surface area contributed by atoms with Gasteiger partial charge in [0.15, 0.2) is 0 Å². The van der Waals surface area contributed by atoms with E-state index in [1.165, 1.54) is 31.8 Å². The Morgan fingerprint density at radius 2 is 0.412 bits per heavy atom. The fourth-order valence-electron chi connectivity index (χ4n) is 7.02. The number of rotatable bonds is 6. The van der Waals surface area contributed by atoms with Crippen LogP contribution in [0.15, 0.2) is 182 Å². The Balaban J connectivity index is 0.000000209. The second-order valence-corrected chi connectivity index (χ2v) is 18.2. The van der Waals surface area contributed by atoms with E-state index in [-0.39, 0.29) is 7.43 Å². The van der Waals surface area contributed by atoms with E-state index in [1.54, 1.807) is 0 Å². The van der Waals surface area contributed by atoms with Gasteiger partial charge in [0.25, 0.3) is 0 Å². The van der Waals surface area contributed by atoms with Gasteiger partial charge in [0.2, 0.25) is 0 Å². The SMILES string of the molecule is CC1C(C)C(C)C(C)C1C.[CH3-].[Cl][Ru+].c1ccc([PH+](c2ccccc2)c2ccccc2)cc1.c1ccc([PH+](c2ccccc2)c2ccccc2)cc1. The molecule has 0 N–H and O–H groups in total. The predicted molar refractivity (Wildman–Crippen MR) is 231 cm³/mol. The summed E-state index contributed by atoms with van der Waals surface area (Å²) < 4.78 is 0. The molecule has 4 heteroatoms. The van der Waals surface area contributed by atoms with Crippen LogP contribution in [0.4, 0.5) is 0 Å². The van der Waals surface area contributed by atoms with Crippen molar-refractivity contribution in [3.8, 4) is 0 Å². The van der Waals surface area contributed by atoms with Crippen LogP contribution in [-0.2, 0) is 17.3 Å². The van der Waals surface area contributed by atoms with E-state index < -0.39 is 15.8 Å². The third-order valence-electron chi connectivity index (χ3n) is 10.5. The zero-order valence-electron chi connectivity index (χ0n) is 30.9. The van der Waals surface area contributed by atoms with Gasteiger partial charge in [-0.05, 0) is 102 Å². The van der Waals surface area contributed by atoms with Crippen LogP contribution in [0.1, 0.15) is 34.6 Å². The Hall–Kier alpha value is -2.91. The van der Waals surface area contributed by atoms with Gasteiger partial charge in [-0.3, -0.25) is 0 Å². The molecule has 0 unspecified atom stereocenters. The quantitative estimate of drug-likeness (QED) is 0.0892. The average Bonchev–Trinajstić information content (AvgIpc) is 3.36. The first-order valence-corrected chi connectivity index (χ1v) is 22.9. The Kier molecular flexibility index (Phi) is 19.1. The van der Waals surface area contributed by atoms with Crippen molar-refractivity contribution in [3.63, 3.8) is 0 Å². The standard InChI is InChI=1S/2C18H15P.C10H20.CH3.ClH.Ru/c2*1-4-10-16(11-5-1)19(17-12-6-2-7-13-17)18-14-8-3-9-15-18;1-6-7(2)9(4)10(5)8(6)3;;;/h2*1-15H;6-10H,1-5H3;1H3;1H;/q;;;-1;;+2/p+1. The third kappa shape index (κ3) is 12.1. The van der Waals surface area contributed by atoms with Crippen molar-refractivity contribution >= 4 is 57.4 Å². The van der Waals surface area contributed by atoms with Crippen LogP contribution in [0.25, 0.3) is 0 Å². The van der Waals surface area contributed by atoms with Crippen LogP contribution >= 0.6 is 25.5 Å². The monoisotopic (exact) mass is 818 g/mol. The van der Waals surface area contributed by atoms with Gasteiger partial charge in [-0.2, -0.15) is 0 Å². The molecule has 0 spiro atoms. The number of hydrogen-bond donors (Lipinski definition) is 0. The topological polar surface area (TPSA) is 0 Å². The molecule has 1 aliphatic rings. The van der Waals surface area contributed by atoms with E-state index in [0.717, 1.165) is 29.6 Å². The minimum atomic E-state index is -0.877. The van der Waals surface area contributed by atoms with Crippen LogP contribution in [0, 0.1) is 37.0 Å². The maximum atomic E-state index is 4.57. The summed E-state index contributed by atoms with van der Waals surface area (Å²) in [6.07, 6.45) is 0. The molecule has 0 radical (unpaired) electrons. The van der Waals surface area contributed by atoms with E-state index in [4.69, 9.17) is 0 Å². The van der Waals surface area contributed by atoms with Crippen molar-refractivity contribution in [2.24, 2.45) is 29.6 Å². The maximum absolute atomic E-state index is 4.57. The van der Waals surface area contributed by atoms with E-state index in [9.17, 15) is 0 Å². The Morgan fingerprint density at radius 1 is 0.294 bits per heavy atom. The van der Waals surface area contributed by atoms with E-state index in [0.29, 0.717) is 0 Å². The molecule has 0 amide bonds. The molecule has 0 nitrogen and oxygen atoms in total. The largest absolute Gasteiger partial charge is 0.102 e. The fourth-order valence-corrected chi connectivity index (χ4v) is 12.2. The summed E-state index contributed by atoms with van der Waals surface area (Å²) in [4.78, 5) is 0. The first kappa shape index (κ1) is 42.5. The van der Waals surface area contributed by atoms with Crippen molar-refractivity contribution in [2.75, 3.05) is 0 Å². The van der Waals surface area contributed by atoms with Crippen LogP contribution in [0.2, 0.25) is 0 Å². The summed E-state index contributed by atoms with van der Waals surface area (Å²) in [7, 11) is 2.81. The molecule has 1 saturated carbocycles. The van der Waals surface area contributed by atoms with Gasteiger partial charge in [0, 0.05) is 0 Å². The molecule has 6 aromatic carbocycles. The molecule has 6 aromatic rings. The van der Waals surface area contributed by atoms with Gasteiger partial charge in [-0.1, -0.05) is 144 Å². The molecule has 7 rings (SSSR count). The summed E-state index contributed by atoms with van der Waals surface area (Å²) in [6, 6.07) is 65.0. The zero-order valence-corrected chi connectivity index (χ0v) is 35.4. The Bertz CT molecular complexity index is 1390. The smallest absolute Gasteiger partial charge is 0.0620 e. The van der Waals surface area contributed by atoms with Gasteiger partial charge in [-0.25, -0.2) is 0 Å². The van der Waals surface area contributed by atoms with Crippen molar-refractivity contribution < 1.29 is 17.3 Å². The first-order valence-electron chi connectivity index (χ1n) is 17.7. The zero-order chi connectivity index (χ0) is 35.7. The summed E-state index contributed by atoms with van der Waals surface area (Å²) in [5.74, 6) is 4.68. The molecule has 0 bridgehead atoms. The minimum Gasteiger partial charge on any atom is -0.0620 e. The summed E-state index contributed by atoms with van der Waals surface area (Å²) in [5.41, 5.74) is 0. The molecule has 0 atom stereocenters. The molecule has 0 aliphatic heterocycles. The fraction of sp³-hybridized carbons (Fsp3) is 0.213. The van der Waals surface area contributed by atoms with Crippen molar-refractivity contribution in [1.29, 1.82) is 0 Å². The molecule has 0 aromatic heterocycles. The van der Waals surface area contributed by atoms with Crippen LogP contribution in [-0.4, -0.2) is 0 Å². The normalized spacial score (nSPS) is 18.9. The van der Waals surface area contributed by atoms with Crippen LogP contribution < -0.4 is 31.8 Å². The molecular formula is C47H55ClP2Ru+2. The average molecular weight is 818 g/mol. The van der Waals surface area contributed by atoms with Crippen LogP contribution in [0.3, 0.4) is 0 Å². The van der Waals surface area contributed by atoms with Gasteiger partial charge in [-0.15, -0.1) is 0 Å². The molecule has 51 heavy (non-hydrogen) atoms. The number of hydrogen-bond acceptors (Lipinski definition) is 0. The van der Waals surface area contributed by atoms with Gasteiger partial charge >= 0.3 is 27.0 Å². The second-order valence-electron chi connectivity index (χ2n) is 13.2. The Morgan fingerprint density at radius 3 is 0.529 bits per heavy atom. The summed E-state index contributed by atoms with van der Waals surface area (Å²) in [5, 5.41) is 8.61.